The van der Waals surface area contributed by atoms with Crippen LogP contribution >= 0.6 is 11.6 Å². The molecule has 0 radical (unpaired) electrons. The molecule has 1 rings (SSSR count). The number of carbonyl (C=O) groups excluding carboxylic acids is 1. The zero-order chi connectivity index (χ0) is 11.3. The van der Waals surface area contributed by atoms with Crippen LogP contribution in [0.25, 0.3) is 0 Å². The van der Waals surface area contributed by atoms with E-state index in [4.69, 9.17) is 16.3 Å². The Labute approximate surface area is 93.6 Å². The van der Waals surface area contributed by atoms with Crippen molar-refractivity contribution in [3.05, 3.63) is 28.8 Å². The predicted molar refractivity (Wildman–Crippen MR) is 56.2 cm³/mol. The van der Waals surface area contributed by atoms with Gasteiger partial charge in [-0.15, -0.1) is 0 Å². The SMILES string of the molecule is CCCCOc1ccc(C(=O)[O-])c(Cl)c1. The molecule has 0 unspecified atom stereocenters. The number of hydrogen-bond donors (Lipinski definition) is 0. The van der Waals surface area contributed by atoms with Crippen molar-refractivity contribution in [1.82, 2.24) is 0 Å². The van der Waals surface area contributed by atoms with Gasteiger partial charge in [0, 0.05) is 5.56 Å². The highest BCUT2D eigenvalue weighted by atomic mass is 35.5. The monoisotopic (exact) mass is 227 g/mol. The lowest BCUT2D eigenvalue weighted by Crippen LogP contribution is -2.22. The zero-order valence-corrected chi connectivity index (χ0v) is 9.21. The van der Waals surface area contributed by atoms with Crippen molar-refractivity contribution < 1.29 is 14.6 Å². The predicted octanol–water partition coefficient (Wildman–Crippen LogP) is 1.88. The molecule has 82 valence electrons. The Morgan fingerprint density at radius 2 is 2.27 bits per heavy atom. The van der Waals surface area contributed by atoms with E-state index in [9.17, 15) is 9.90 Å². The van der Waals surface area contributed by atoms with E-state index in [1.54, 1.807) is 6.07 Å². The summed E-state index contributed by atoms with van der Waals surface area (Å²) in [6.07, 6.45) is 2.00. The number of rotatable bonds is 5. The fraction of sp³-hybridized carbons (Fsp3) is 0.364. The number of aromatic carboxylic acids is 1. The lowest BCUT2D eigenvalue weighted by molar-refractivity contribution is -0.255. The average molecular weight is 228 g/mol. The number of halogens is 1. The van der Waals surface area contributed by atoms with E-state index >= 15 is 0 Å². The van der Waals surface area contributed by atoms with Crippen LogP contribution in [0, 0.1) is 0 Å². The van der Waals surface area contributed by atoms with Crippen LogP contribution in [0.4, 0.5) is 0 Å². The summed E-state index contributed by atoms with van der Waals surface area (Å²) >= 11 is 5.74. The molecule has 0 aromatic heterocycles. The summed E-state index contributed by atoms with van der Waals surface area (Å²) in [6.45, 7) is 2.67. The first kappa shape index (κ1) is 11.9. The molecule has 1 aromatic rings. The normalized spacial score (nSPS) is 10.0. The molecule has 0 saturated carbocycles. The summed E-state index contributed by atoms with van der Waals surface area (Å²) in [5.74, 6) is -0.696. The van der Waals surface area contributed by atoms with Gasteiger partial charge in [-0.1, -0.05) is 24.9 Å². The van der Waals surface area contributed by atoms with Crippen LogP contribution in [0.15, 0.2) is 18.2 Å². The number of benzene rings is 1. The van der Waals surface area contributed by atoms with Crippen LogP contribution in [0.2, 0.25) is 5.02 Å². The lowest BCUT2D eigenvalue weighted by Gasteiger charge is -2.09. The van der Waals surface area contributed by atoms with Crippen molar-refractivity contribution in [2.24, 2.45) is 0 Å². The lowest BCUT2D eigenvalue weighted by atomic mass is 10.2. The van der Waals surface area contributed by atoms with Gasteiger partial charge in [0.2, 0.25) is 0 Å². The summed E-state index contributed by atoms with van der Waals surface area (Å²) in [5, 5.41) is 10.7. The Bertz CT molecular complexity index is 350. The molecule has 0 N–H and O–H groups in total. The van der Waals surface area contributed by atoms with Gasteiger partial charge in [0.1, 0.15) is 5.75 Å². The number of carboxylic acid groups (broad SMARTS) is 1. The van der Waals surface area contributed by atoms with Gasteiger partial charge in [-0.2, -0.15) is 0 Å². The van der Waals surface area contributed by atoms with E-state index in [2.05, 4.69) is 6.92 Å². The number of unbranched alkanes of at least 4 members (excludes halogenated alkanes) is 1. The smallest absolute Gasteiger partial charge is 0.120 e. The van der Waals surface area contributed by atoms with Crippen LogP contribution in [0.3, 0.4) is 0 Å². The van der Waals surface area contributed by atoms with Crippen molar-refractivity contribution in [2.45, 2.75) is 19.8 Å². The molecule has 0 fully saturated rings. The van der Waals surface area contributed by atoms with Gasteiger partial charge in [-0.3, -0.25) is 0 Å². The molecule has 15 heavy (non-hydrogen) atoms. The highest BCUT2D eigenvalue weighted by molar-refractivity contribution is 6.33. The van der Waals surface area contributed by atoms with Gasteiger partial charge >= 0.3 is 0 Å². The number of carbonyl (C=O) groups is 1. The van der Waals surface area contributed by atoms with Crippen molar-refractivity contribution in [3.63, 3.8) is 0 Å². The van der Waals surface area contributed by atoms with Crippen molar-refractivity contribution in [3.8, 4) is 5.75 Å². The van der Waals surface area contributed by atoms with E-state index in [0.717, 1.165) is 12.8 Å². The first-order chi connectivity index (χ1) is 7.15. The maximum atomic E-state index is 10.6. The first-order valence-corrected chi connectivity index (χ1v) is 5.16. The Kier molecular flexibility index (Phi) is 4.43. The van der Waals surface area contributed by atoms with Gasteiger partial charge in [0.05, 0.1) is 17.6 Å². The van der Waals surface area contributed by atoms with Crippen LogP contribution in [0.1, 0.15) is 30.1 Å². The van der Waals surface area contributed by atoms with Gasteiger partial charge < -0.3 is 14.6 Å². The second-order valence-corrected chi connectivity index (χ2v) is 3.54. The maximum absolute atomic E-state index is 10.6. The molecule has 4 heteroatoms. The van der Waals surface area contributed by atoms with Crippen LogP contribution in [0.5, 0.6) is 5.75 Å². The van der Waals surface area contributed by atoms with Gasteiger partial charge in [-0.05, 0) is 24.6 Å². The molecule has 0 aliphatic heterocycles. The first-order valence-electron chi connectivity index (χ1n) is 4.79. The summed E-state index contributed by atoms with van der Waals surface area (Å²) < 4.78 is 5.36. The van der Waals surface area contributed by atoms with E-state index in [1.807, 2.05) is 0 Å². The highest BCUT2D eigenvalue weighted by Crippen LogP contribution is 2.22. The molecular weight excluding hydrogens is 216 g/mol. The summed E-state index contributed by atoms with van der Waals surface area (Å²) in [7, 11) is 0. The fourth-order valence-electron chi connectivity index (χ4n) is 1.09. The van der Waals surface area contributed by atoms with Gasteiger partial charge in [0.15, 0.2) is 0 Å². The summed E-state index contributed by atoms with van der Waals surface area (Å²) in [4.78, 5) is 10.6. The molecule has 0 saturated heterocycles. The minimum atomic E-state index is -1.28. The quantitative estimate of drug-likeness (QED) is 0.722. The van der Waals surface area contributed by atoms with E-state index < -0.39 is 5.97 Å². The molecule has 0 bridgehead atoms. The summed E-state index contributed by atoms with van der Waals surface area (Å²) in [5.41, 5.74) is -0.0143. The second kappa shape index (κ2) is 5.61. The molecule has 0 spiro atoms. The van der Waals surface area contributed by atoms with Gasteiger partial charge in [0.25, 0.3) is 0 Å². The minimum Gasteiger partial charge on any atom is -0.545 e. The van der Waals surface area contributed by atoms with Crippen LogP contribution in [-0.4, -0.2) is 12.6 Å². The van der Waals surface area contributed by atoms with Crippen molar-refractivity contribution in [1.29, 1.82) is 0 Å². The third kappa shape index (κ3) is 3.44. The van der Waals surface area contributed by atoms with Gasteiger partial charge in [-0.25, -0.2) is 0 Å². The van der Waals surface area contributed by atoms with Crippen molar-refractivity contribution in [2.75, 3.05) is 6.61 Å². The maximum Gasteiger partial charge on any atom is 0.120 e. The Balaban J connectivity index is 2.69. The zero-order valence-electron chi connectivity index (χ0n) is 8.46. The molecular formula is C11H12ClO3-. The standard InChI is InChI=1S/C11H13ClO3/c1-2-3-6-15-8-4-5-9(11(13)14)10(12)7-8/h4-5,7H,2-3,6H2,1H3,(H,13,14)/p-1. The molecule has 1 aromatic carbocycles. The van der Waals surface area contributed by atoms with E-state index in [0.29, 0.717) is 12.4 Å². The Hall–Kier alpha value is -1.22. The number of carboxylic acids is 1. The number of ether oxygens (including phenoxy) is 1. The Morgan fingerprint density at radius 1 is 1.53 bits per heavy atom. The molecule has 3 nitrogen and oxygen atoms in total. The average Bonchev–Trinajstić information content (AvgIpc) is 2.17. The largest absolute Gasteiger partial charge is 0.545 e. The summed E-state index contributed by atoms with van der Waals surface area (Å²) in [6, 6.07) is 4.45. The molecule has 0 aliphatic rings. The molecule has 0 atom stereocenters. The van der Waals surface area contributed by atoms with E-state index in [1.165, 1.54) is 12.1 Å². The minimum absolute atomic E-state index is 0.0143. The number of hydrogen-bond acceptors (Lipinski definition) is 3. The van der Waals surface area contributed by atoms with E-state index in [-0.39, 0.29) is 10.6 Å². The van der Waals surface area contributed by atoms with Crippen LogP contribution < -0.4 is 9.84 Å². The topological polar surface area (TPSA) is 49.4 Å². The molecule has 0 heterocycles. The highest BCUT2D eigenvalue weighted by Gasteiger charge is 2.03. The third-order valence-electron chi connectivity index (χ3n) is 1.93. The molecule has 0 aliphatic carbocycles. The Morgan fingerprint density at radius 3 is 2.80 bits per heavy atom. The van der Waals surface area contributed by atoms with Crippen molar-refractivity contribution >= 4 is 17.6 Å². The van der Waals surface area contributed by atoms with Crippen LogP contribution in [-0.2, 0) is 0 Å². The third-order valence-corrected chi connectivity index (χ3v) is 2.24. The second-order valence-electron chi connectivity index (χ2n) is 3.13. The molecule has 0 amide bonds. The fourth-order valence-corrected chi connectivity index (χ4v) is 1.33.